The van der Waals surface area contributed by atoms with Crippen molar-refractivity contribution < 1.29 is 14.3 Å². The Labute approximate surface area is 222 Å². The quantitative estimate of drug-likeness (QED) is 0.203. The number of aromatic amines is 1. The van der Waals surface area contributed by atoms with Gasteiger partial charge in [-0.05, 0) is 55.4 Å². The number of benzene rings is 3. The Hall–Kier alpha value is -2.81. The fourth-order valence-electron chi connectivity index (χ4n) is 3.76. The van der Waals surface area contributed by atoms with Crippen LogP contribution in [0.1, 0.15) is 16.1 Å². The maximum Gasteiger partial charge on any atom is 0.167 e. The van der Waals surface area contributed by atoms with Crippen LogP contribution in [0.25, 0.3) is 22.0 Å². The van der Waals surface area contributed by atoms with Crippen molar-refractivity contribution in [2.45, 2.75) is 17.9 Å². The van der Waals surface area contributed by atoms with E-state index in [1.54, 1.807) is 12.1 Å². The van der Waals surface area contributed by atoms with E-state index in [1.807, 2.05) is 18.2 Å². The molecule has 0 spiro atoms. The van der Waals surface area contributed by atoms with Gasteiger partial charge in [0.1, 0.15) is 18.5 Å². The van der Waals surface area contributed by atoms with Gasteiger partial charge in [-0.3, -0.25) is 4.79 Å². The molecule has 1 aliphatic heterocycles. The second kappa shape index (κ2) is 14.1. The minimum absolute atomic E-state index is 0.140. The summed E-state index contributed by atoms with van der Waals surface area (Å²) in [5, 5.41) is 4.82. The van der Waals surface area contributed by atoms with E-state index in [9.17, 15) is 4.79 Å². The molecule has 1 saturated heterocycles. The number of carbonyl (C=O) groups excluding carboxylic acids is 1. The van der Waals surface area contributed by atoms with Gasteiger partial charge >= 0.3 is 0 Å². The molecule has 4 N–H and O–H groups in total. The molecule has 0 amide bonds. The molecule has 4 aromatic rings. The molecule has 1 atom stereocenters. The van der Waals surface area contributed by atoms with E-state index in [0.29, 0.717) is 22.2 Å². The first kappa shape index (κ1) is 27.8. The molecule has 0 radical (unpaired) electrons. The van der Waals surface area contributed by atoms with Crippen molar-refractivity contribution in [3.63, 3.8) is 0 Å². The van der Waals surface area contributed by atoms with E-state index < -0.39 is 0 Å². The van der Waals surface area contributed by atoms with Gasteiger partial charge in [0.2, 0.25) is 0 Å². The normalized spacial score (nSPS) is 14.8. The minimum Gasteiger partial charge on any atom is -0.491 e. The number of aromatic nitrogens is 1. The number of ether oxygens (including phenoxy) is 2. The first-order valence-corrected chi connectivity index (χ1v) is 12.5. The predicted octanol–water partition coefficient (Wildman–Crippen LogP) is 5.53. The van der Waals surface area contributed by atoms with Crippen LogP contribution in [0.2, 0.25) is 5.02 Å². The Morgan fingerprint density at radius 3 is 2.56 bits per heavy atom. The van der Waals surface area contributed by atoms with Crippen LogP contribution in [0.3, 0.4) is 0 Å². The smallest absolute Gasteiger partial charge is 0.167 e. The maximum absolute atomic E-state index is 10.6. The Morgan fingerprint density at radius 2 is 1.86 bits per heavy atom. The molecular weight excluding hydrogens is 494 g/mol. The van der Waals surface area contributed by atoms with Crippen LogP contribution in [-0.4, -0.2) is 50.7 Å². The zero-order valence-electron chi connectivity index (χ0n) is 20.5. The zero-order chi connectivity index (χ0) is 25.9. The Balaban J connectivity index is 0.000000206. The lowest BCUT2D eigenvalue weighted by Crippen LogP contribution is -2.41. The van der Waals surface area contributed by atoms with Crippen molar-refractivity contribution in [3.05, 3.63) is 83.0 Å². The molecule has 1 aliphatic rings. The molecule has 190 valence electrons. The molecule has 1 fully saturated rings. The summed E-state index contributed by atoms with van der Waals surface area (Å²) in [4.78, 5) is 14.2. The van der Waals surface area contributed by atoms with Crippen molar-refractivity contribution in [3.8, 4) is 16.9 Å². The van der Waals surface area contributed by atoms with Crippen molar-refractivity contribution in [2.75, 3.05) is 33.4 Å². The lowest BCUT2D eigenvalue weighted by molar-refractivity contribution is 0.000204. The standard InChI is InChI=1S/C18H21NO2.C9H6ClNOS.CH5N/c1-14-4-2-5-15(10-14)16-6-3-7-17(11-16)21-13-18-12-19-8-9-20-18;10-5-1-2-7-6(3-5)9(13)8(4-12)11-7;1-2/h2-7,10-11,18-19H,8-9,12-13H2,1H3;1-4,11,13H;2H2,1H3. The zero-order valence-corrected chi connectivity index (χ0v) is 22.1. The summed E-state index contributed by atoms with van der Waals surface area (Å²) in [5.74, 6) is 0.892. The van der Waals surface area contributed by atoms with Crippen molar-refractivity contribution in [1.82, 2.24) is 10.3 Å². The number of hydrogen-bond donors (Lipinski definition) is 4. The number of aryl methyl sites for hydroxylation is 1. The van der Waals surface area contributed by atoms with Gasteiger partial charge in [0.15, 0.2) is 6.29 Å². The van der Waals surface area contributed by atoms with E-state index in [-0.39, 0.29) is 6.10 Å². The third-order valence-corrected chi connectivity index (χ3v) is 6.22. The van der Waals surface area contributed by atoms with E-state index in [1.165, 1.54) is 23.7 Å². The largest absolute Gasteiger partial charge is 0.491 e. The first-order valence-electron chi connectivity index (χ1n) is 11.7. The molecule has 36 heavy (non-hydrogen) atoms. The average molecular weight is 526 g/mol. The molecule has 8 heteroatoms. The minimum atomic E-state index is 0.140. The van der Waals surface area contributed by atoms with Gasteiger partial charge < -0.3 is 25.5 Å². The van der Waals surface area contributed by atoms with Gasteiger partial charge in [0, 0.05) is 33.9 Å². The summed E-state index contributed by atoms with van der Waals surface area (Å²) >= 11 is 10.0. The lowest BCUT2D eigenvalue weighted by Gasteiger charge is -2.23. The Bertz CT molecular complexity index is 1270. The number of carbonyl (C=O) groups is 1. The number of aldehydes is 1. The first-order chi connectivity index (χ1) is 17.5. The number of nitrogens with one attached hydrogen (secondary N) is 2. The topological polar surface area (TPSA) is 89.4 Å². The fraction of sp³-hybridized carbons (Fsp3) is 0.250. The van der Waals surface area contributed by atoms with Gasteiger partial charge in [-0.2, -0.15) is 0 Å². The van der Waals surface area contributed by atoms with Crippen LogP contribution in [0.15, 0.2) is 71.6 Å². The summed E-state index contributed by atoms with van der Waals surface area (Å²) < 4.78 is 11.5. The van der Waals surface area contributed by atoms with Crippen molar-refractivity contribution in [2.24, 2.45) is 5.73 Å². The Morgan fingerprint density at radius 1 is 1.11 bits per heavy atom. The van der Waals surface area contributed by atoms with E-state index in [4.69, 9.17) is 21.1 Å². The number of halogens is 1. The molecular formula is C28H32ClN3O3S. The van der Waals surface area contributed by atoms with Crippen LogP contribution in [-0.2, 0) is 4.74 Å². The number of thiol groups is 1. The number of fused-ring (bicyclic) bond motifs is 1. The van der Waals surface area contributed by atoms with Crippen molar-refractivity contribution in [1.29, 1.82) is 0 Å². The number of hydrogen-bond acceptors (Lipinski definition) is 6. The van der Waals surface area contributed by atoms with Crippen LogP contribution in [0, 0.1) is 6.92 Å². The Kier molecular flexibility index (Phi) is 10.8. The average Bonchev–Trinajstić information content (AvgIpc) is 3.24. The molecule has 0 aliphatic carbocycles. The summed E-state index contributed by atoms with van der Waals surface area (Å²) in [6, 6.07) is 22.1. The molecule has 1 aromatic heterocycles. The second-order valence-electron chi connectivity index (χ2n) is 8.10. The maximum atomic E-state index is 10.6. The van der Waals surface area contributed by atoms with Gasteiger partial charge in [0.25, 0.3) is 0 Å². The molecule has 6 nitrogen and oxygen atoms in total. The van der Waals surface area contributed by atoms with Gasteiger partial charge in [-0.15, -0.1) is 12.6 Å². The van der Waals surface area contributed by atoms with Crippen LogP contribution in [0.5, 0.6) is 5.75 Å². The molecule has 0 bridgehead atoms. The monoisotopic (exact) mass is 525 g/mol. The third-order valence-electron chi connectivity index (χ3n) is 5.50. The number of nitrogens with two attached hydrogens (primary N) is 1. The highest BCUT2D eigenvalue weighted by Gasteiger charge is 2.14. The molecule has 3 aromatic carbocycles. The number of H-pyrrole nitrogens is 1. The highest BCUT2D eigenvalue weighted by atomic mass is 35.5. The SMILES string of the molecule is CN.Cc1cccc(-c2cccc(OCC3CNCCO3)c2)c1.O=Cc1[nH]c2ccc(Cl)cc2c1S. The molecule has 2 heterocycles. The predicted molar refractivity (Wildman–Crippen MR) is 151 cm³/mol. The molecule has 1 unspecified atom stereocenters. The van der Waals surface area contributed by atoms with Crippen LogP contribution in [0.4, 0.5) is 0 Å². The third kappa shape index (κ3) is 7.59. The summed E-state index contributed by atoms with van der Waals surface area (Å²) in [7, 11) is 1.50. The van der Waals surface area contributed by atoms with E-state index in [0.717, 1.165) is 42.6 Å². The highest BCUT2D eigenvalue weighted by molar-refractivity contribution is 7.80. The number of morpholine rings is 1. The van der Waals surface area contributed by atoms with E-state index >= 15 is 0 Å². The van der Waals surface area contributed by atoms with Crippen LogP contribution >= 0.6 is 24.2 Å². The molecule has 5 rings (SSSR count). The molecule has 0 saturated carbocycles. The van der Waals surface area contributed by atoms with Crippen LogP contribution < -0.4 is 15.8 Å². The van der Waals surface area contributed by atoms with Gasteiger partial charge in [-0.1, -0.05) is 53.6 Å². The van der Waals surface area contributed by atoms with Gasteiger partial charge in [0.05, 0.1) is 12.3 Å². The summed E-state index contributed by atoms with van der Waals surface area (Å²) in [6.45, 7) is 5.25. The second-order valence-corrected chi connectivity index (χ2v) is 8.98. The highest BCUT2D eigenvalue weighted by Crippen LogP contribution is 2.27. The summed E-state index contributed by atoms with van der Waals surface area (Å²) in [6.07, 6.45) is 0.886. The lowest BCUT2D eigenvalue weighted by atomic mass is 10.0. The van der Waals surface area contributed by atoms with E-state index in [2.05, 4.69) is 72.0 Å². The number of rotatable bonds is 5. The van der Waals surface area contributed by atoms with Crippen molar-refractivity contribution >= 4 is 41.4 Å². The summed E-state index contributed by atoms with van der Waals surface area (Å²) in [5.41, 5.74) is 9.52. The fourth-order valence-corrected chi connectivity index (χ4v) is 4.23. The van der Waals surface area contributed by atoms with Gasteiger partial charge in [-0.25, -0.2) is 0 Å².